The Hall–Kier alpha value is -1.75. The maximum absolute atomic E-state index is 12.8. The Balaban J connectivity index is 1.75. The van der Waals surface area contributed by atoms with Crippen molar-refractivity contribution >= 4 is 17.3 Å². The van der Waals surface area contributed by atoms with E-state index in [-0.39, 0.29) is 5.91 Å². The van der Waals surface area contributed by atoms with E-state index >= 15 is 0 Å². The summed E-state index contributed by atoms with van der Waals surface area (Å²) in [5, 5.41) is 6.68. The number of fused-ring (bicyclic) bond motifs is 1. The Kier molecular flexibility index (Phi) is 4.01. The number of likely N-dealkylation sites (tertiary alicyclic amines) is 1. The quantitative estimate of drug-likeness (QED) is 0.888. The first-order valence-electron chi connectivity index (χ1n) is 7.73. The third-order valence-corrected chi connectivity index (χ3v) is 4.54. The zero-order chi connectivity index (χ0) is 14.8. The van der Waals surface area contributed by atoms with Crippen molar-refractivity contribution in [2.45, 2.75) is 18.9 Å². The molecule has 0 aromatic heterocycles. The van der Waals surface area contributed by atoms with E-state index in [0.29, 0.717) is 6.04 Å². The molecule has 5 heteroatoms. The fraction of sp³-hybridized carbons (Fsp3) is 0.562. The van der Waals surface area contributed by atoms with Crippen LogP contribution >= 0.6 is 0 Å². The van der Waals surface area contributed by atoms with Crippen molar-refractivity contribution < 1.29 is 4.79 Å². The Morgan fingerprint density at radius 1 is 1.38 bits per heavy atom. The molecular formula is C16H24N4O. The van der Waals surface area contributed by atoms with E-state index in [1.807, 2.05) is 30.1 Å². The van der Waals surface area contributed by atoms with Gasteiger partial charge < -0.3 is 20.4 Å². The molecule has 1 unspecified atom stereocenters. The highest BCUT2D eigenvalue weighted by Crippen LogP contribution is 2.29. The van der Waals surface area contributed by atoms with Crippen LogP contribution in [0.2, 0.25) is 0 Å². The van der Waals surface area contributed by atoms with Crippen LogP contribution in [0.15, 0.2) is 18.2 Å². The van der Waals surface area contributed by atoms with Crippen LogP contribution in [0.25, 0.3) is 0 Å². The van der Waals surface area contributed by atoms with Gasteiger partial charge in [-0.2, -0.15) is 0 Å². The molecule has 2 aliphatic heterocycles. The summed E-state index contributed by atoms with van der Waals surface area (Å²) in [6, 6.07) is 6.37. The second kappa shape index (κ2) is 5.93. The number of anilines is 2. The van der Waals surface area contributed by atoms with E-state index < -0.39 is 0 Å². The number of para-hydroxylation sites is 1. The number of nitrogens with zero attached hydrogens (tertiary/aromatic N) is 2. The molecule has 0 saturated carbocycles. The van der Waals surface area contributed by atoms with Gasteiger partial charge in [-0.05, 0) is 38.6 Å². The van der Waals surface area contributed by atoms with Crippen LogP contribution in [0.4, 0.5) is 11.4 Å². The third-order valence-electron chi connectivity index (χ3n) is 4.54. The average molecular weight is 288 g/mol. The van der Waals surface area contributed by atoms with E-state index in [2.05, 4.69) is 22.6 Å². The molecule has 3 rings (SSSR count). The minimum absolute atomic E-state index is 0.100. The Morgan fingerprint density at radius 2 is 2.19 bits per heavy atom. The molecule has 1 aromatic rings. The van der Waals surface area contributed by atoms with Gasteiger partial charge in [0.15, 0.2) is 0 Å². The van der Waals surface area contributed by atoms with Crippen molar-refractivity contribution in [3.63, 3.8) is 0 Å². The van der Waals surface area contributed by atoms with Gasteiger partial charge in [-0.25, -0.2) is 0 Å². The second-order valence-corrected chi connectivity index (χ2v) is 6.04. The lowest BCUT2D eigenvalue weighted by Gasteiger charge is -2.28. The molecule has 2 N–H and O–H groups in total. The molecule has 1 amide bonds. The minimum atomic E-state index is 0.100. The summed E-state index contributed by atoms with van der Waals surface area (Å²) in [5.41, 5.74) is 2.74. The van der Waals surface area contributed by atoms with E-state index in [4.69, 9.17) is 0 Å². The predicted octanol–water partition coefficient (Wildman–Crippen LogP) is 1.69. The highest BCUT2D eigenvalue weighted by molar-refractivity contribution is 6.02. The largest absolute Gasteiger partial charge is 0.382 e. The summed E-state index contributed by atoms with van der Waals surface area (Å²) in [7, 11) is 4.05. The summed E-state index contributed by atoms with van der Waals surface area (Å²) >= 11 is 0. The molecule has 1 atom stereocenters. The number of rotatable bonds is 3. The van der Waals surface area contributed by atoms with Crippen LogP contribution in [0.1, 0.15) is 23.2 Å². The molecule has 0 aliphatic carbocycles. The van der Waals surface area contributed by atoms with Gasteiger partial charge in [0.1, 0.15) is 0 Å². The SMILES string of the molecule is CN(CC1CCCN1C)C(=O)c1cccc2c1NCCN2. The van der Waals surface area contributed by atoms with Crippen molar-refractivity contribution in [3.05, 3.63) is 23.8 Å². The van der Waals surface area contributed by atoms with Crippen molar-refractivity contribution in [2.24, 2.45) is 0 Å². The maximum Gasteiger partial charge on any atom is 0.255 e. The molecule has 21 heavy (non-hydrogen) atoms. The standard InChI is InChI=1S/C16H24N4O/c1-19-10-4-5-12(19)11-20(2)16(21)13-6-3-7-14-15(13)18-9-8-17-14/h3,6-7,12,17-18H,4-5,8-11H2,1-2H3. The molecule has 0 bridgehead atoms. The molecular weight excluding hydrogens is 264 g/mol. The first-order valence-corrected chi connectivity index (χ1v) is 7.73. The molecule has 114 valence electrons. The lowest BCUT2D eigenvalue weighted by molar-refractivity contribution is 0.0762. The highest BCUT2D eigenvalue weighted by atomic mass is 16.2. The number of likely N-dealkylation sites (N-methyl/N-ethyl adjacent to an activating group) is 2. The van der Waals surface area contributed by atoms with Gasteiger partial charge in [-0.3, -0.25) is 4.79 Å². The molecule has 0 spiro atoms. The molecule has 5 nitrogen and oxygen atoms in total. The molecule has 2 heterocycles. The van der Waals surface area contributed by atoms with E-state index in [1.165, 1.54) is 12.8 Å². The van der Waals surface area contributed by atoms with Gasteiger partial charge >= 0.3 is 0 Å². The number of hydrogen-bond acceptors (Lipinski definition) is 4. The Morgan fingerprint density at radius 3 is 2.95 bits per heavy atom. The van der Waals surface area contributed by atoms with Crippen molar-refractivity contribution in [2.75, 3.05) is 50.9 Å². The lowest BCUT2D eigenvalue weighted by atomic mass is 10.1. The second-order valence-electron chi connectivity index (χ2n) is 6.04. The van der Waals surface area contributed by atoms with Crippen LogP contribution in [0, 0.1) is 0 Å². The van der Waals surface area contributed by atoms with Crippen LogP contribution in [0.3, 0.4) is 0 Å². The average Bonchev–Trinajstić information content (AvgIpc) is 2.91. The van der Waals surface area contributed by atoms with Crippen LogP contribution in [-0.2, 0) is 0 Å². The van der Waals surface area contributed by atoms with Crippen molar-refractivity contribution in [1.82, 2.24) is 9.80 Å². The van der Waals surface area contributed by atoms with Crippen molar-refractivity contribution in [3.8, 4) is 0 Å². The van der Waals surface area contributed by atoms with E-state index in [0.717, 1.165) is 43.1 Å². The summed E-state index contributed by atoms with van der Waals surface area (Å²) in [6.07, 6.45) is 2.41. The number of nitrogens with one attached hydrogen (secondary N) is 2. The summed E-state index contributed by atoms with van der Waals surface area (Å²) in [4.78, 5) is 17.0. The summed E-state index contributed by atoms with van der Waals surface area (Å²) in [5.74, 6) is 0.100. The number of carbonyl (C=O) groups is 1. The summed E-state index contributed by atoms with van der Waals surface area (Å²) in [6.45, 7) is 3.69. The van der Waals surface area contributed by atoms with E-state index in [9.17, 15) is 4.79 Å². The molecule has 0 radical (unpaired) electrons. The normalized spacial score (nSPS) is 21.3. The first kappa shape index (κ1) is 14.2. The fourth-order valence-corrected chi connectivity index (χ4v) is 3.27. The molecule has 2 aliphatic rings. The van der Waals surface area contributed by atoms with Crippen LogP contribution in [0.5, 0.6) is 0 Å². The zero-order valence-electron chi connectivity index (χ0n) is 12.9. The maximum atomic E-state index is 12.8. The number of carbonyl (C=O) groups excluding carboxylic acids is 1. The monoisotopic (exact) mass is 288 g/mol. The highest BCUT2D eigenvalue weighted by Gasteiger charge is 2.26. The Bertz CT molecular complexity index is 531. The van der Waals surface area contributed by atoms with Gasteiger partial charge in [0.05, 0.1) is 16.9 Å². The van der Waals surface area contributed by atoms with Gasteiger partial charge in [-0.1, -0.05) is 6.07 Å². The lowest BCUT2D eigenvalue weighted by Crippen LogP contribution is -2.40. The third kappa shape index (κ3) is 2.83. The van der Waals surface area contributed by atoms with Gasteiger partial charge in [0.25, 0.3) is 5.91 Å². The summed E-state index contributed by atoms with van der Waals surface area (Å²) < 4.78 is 0. The predicted molar refractivity (Wildman–Crippen MR) is 86.0 cm³/mol. The van der Waals surface area contributed by atoms with Crippen LogP contribution < -0.4 is 10.6 Å². The fourth-order valence-electron chi connectivity index (χ4n) is 3.27. The number of amides is 1. The van der Waals surface area contributed by atoms with Gasteiger partial charge in [0, 0.05) is 32.7 Å². The van der Waals surface area contributed by atoms with E-state index in [1.54, 1.807) is 0 Å². The Labute approximate surface area is 126 Å². The molecule has 1 saturated heterocycles. The smallest absolute Gasteiger partial charge is 0.255 e. The molecule has 1 fully saturated rings. The number of benzene rings is 1. The first-order chi connectivity index (χ1) is 10.2. The topological polar surface area (TPSA) is 47.6 Å². The van der Waals surface area contributed by atoms with Gasteiger partial charge in [-0.15, -0.1) is 0 Å². The minimum Gasteiger partial charge on any atom is -0.382 e. The van der Waals surface area contributed by atoms with Gasteiger partial charge in [0.2, 0.25) is 0 Å². The zero-order valence-corrected chi connectivity index (χ0v) is 12.9. The molecule has 1 aromatic carbocycles. The van der Waals surface area contributed by atoms with Crippen molar-refractivity contribution in [1.29, 1.82) is 0 Å². The number of hydrogen-bond donors (Lipinski definition) is 2. The van der Waals surface area contributed by atoms with Crippen LogP contribution in [-0.4, -0.2) is 62.0 Å².